The van der Waals surface area contributed by atoms with Gasteiger partial charge < -0.3 is 4.90 Å². The number of benzene rings is 10. The van der Waals surface area contributed by atoms with Crippen LogP contribution in [0, 0.1) is 6.92 Å². The van der Waals surface area contributed by atoms with Gasteiger partial charge >= 0.3 is 0 Å². The second-order valence-corrected chi connectivity index (χ2v) is 21.2. The first kappa shape index (κ1) is 37.3. The van der Waals surface area contributed by atoms with Crippen LogP contribution < -0.4 is 25.6 Å². The van der Waals surface area contributed by atoms with E-state index in [4.69, 9.17) is 0 Å². The number of aryl methyl sites for hydroxylation is 1. The highest BCUT2D eigenvalue weighted by atomic mass is 28.3. The topological polar surface area (TPSA) is 3.24 Å². The Morgan fingerprint density at radius 3 is 1.67 bits per heavy atom. The summed E-state index contributed by atoms with van der Waals surface area (Å²) in [6.45, 7) is 4.69. The molecule has 12 rings (SSSR count). The molecule has 1 nitrogen and oxygen atoms in total. The molecule has 10 aromatic rings. The average Bonchev–Trinajstić information content (AvgIpc) is 3.79. The van der Waals surface area contributed by atoms with Gasteiger partial charge in [-0.3, -0.25) is 0 Å². The van der Waals surface area contributed by atoms with E-state index in [0.717, 1.165) is 17.1 Å². The molecule has 0 amide bonds. The third-order valence-electron chi connectivity index (χ3n) is 14.0. The molecule has 1 unspecified atom stereocenters. The number of rotatable bonds is 7. The quantitative estimate of drug-likeness (QED) is 0.145. The molecule has 63 heavy (non-hydrogen) atoms. The van der Waals surface area contributed by atoms with E-state index in [1.54, 1.807) is 0 Å². The van der Waals surface area contributed by atoms with Crippen LogP contribution in [0.2, 0.25) is 0 Å². The van der Waals surface area contributed by atoms with E-state index in [0.29, 0.717) is 0 Å². The fraction of sp³-hybridized carbons (Fsp3) is 0.0492. The van der Waals surface area contributed by atoms with Gasteiger partial charge in [-0.1, -0.05) is 194 Å². The second-order valence-electron chi connectivity index (χ2n) is 17.5. The minimum absolute atomic E-state index is 0.325. The molecular formula is C61H45NSi. The van der Waals surface area contributed by atoms with Crippen LogP contribution in [-0.2, 0) is 5.41 Å². The van der Waals surface area contributed by atoms with Crippen molar-refractivity contribution in [1.29, 1.82) is 0 Å². The van der Waals surface area contributed by atoms with Crippen LogP contribution >= 0.6 is 0 Å². The Bertz CT molecular complexity index is 3320. The lowest BCUT2D eigenvalue weighted by atomic mass is 9.74. The zero-order valence-electron chi connectivity index (χ0n) is 35.5. The van der Waals surface area contributed by atoms with Gasteiger partial charge in [-0.25, -0.2) is 0 Å². The lowest BCUT2D eigenvalue weighted by molar-refractivity contribution is 0.714. The average molecular weight is 820 g/mol. The van der Waals surface area contributed by atoms with Crippen LogP contribution in [0.1, 0.15) is 29.2 Å². The van der Waals surface area contributed by atoms with Crippen molar-refractivity contribution in [3.8, 4) is 33.4 Å². The van der Waals surface area contributed by atoms with Crippen molar-refractivity contribution >= 4 is 56.7 Å². The summed E-state index contributed by atoms with van der Waals surface area (Å²) in [6, 6.07) is 88.9. The van der Waals surface area contributed by atoms with Crippen molar-refractivity contribution < 1.29 is 0 Å². The molecule has 2 heteroatoms. The standard InChI is InChI=1S/C61H45NSi/c1-42-37-50(40-52(38-42)63(51-21-7-4-8-22-51)59-27-15-12-24-55(59)56-25-13-16-28-60(56)63)62(48-33-31-44(32-34-48)46-30-29-43-17-9-10-18-45(43)39-46)49-35-36-54-53-23-11-14-26-57(53)61(2,58(54)41-49)47-19-5-3-6-20-47/h3-41H,1-2H3. The Balaban J connectivity index is 1.09. The van der Waals surface area contributed by atoms with Crippen LogP contribution in [0.15, 0.2) is 237 Å². The largest absolute Gasteiger partial charge is 0.310 e. The third kappa shape index (κ3) is 5.68. The van der Waals surface area contributed by atoms with Gasteiger partial charge in [-0.05, 0) is 143 Å². The van der Waals surface area contributed by atoms with Gasteiger partial charge in [0, 0.05) is 22.5 Å². The number of hydrogen-bond donors (Lipinski definition) is 0. The summed E-state index contributed by atoms with van der Waals surface area (Å²) in [5.74, 6) is 0. The molecule has 10 aromatic carbocycles. The summed E-state index contributed by atoms with van der Waals surface area (Å²) >= 11 is 0. The summed E-state index contributed by atoms with van der Waals surface area (Å²) < 4.78 is 0. The highest BCUT2D eigenvalue weighted by Crippen LogP contribution is 2.54. The van der Waals surface area contributed by atoms with Gasteiger partial charge in [0.25, 0.3) is 0 Å². The SMILES string of the molecule is Cc1cc(N(c2ccc(-c3ccc4ccccc4c3)cc2)c2ccc3c(c2)C(C)(c2ccccc2)c2ccccc2-3)cc([Si]2(c3ccccc3)c3ccccc3-c3ccccc32)c1. The van der Waals surface area contributed by atoms with Gasteiger partial charge in [-0.2, -0.15) is 0 Å². The first-order valence-corrected chi connectivity index (χ1v) is 24.1. The maximum Gasteiger partial charge on any atom is 0.180 e. The Morgan fingerprint density at radius 2 is 0.937 bits per heavy atom. The monoisotopic (exact) mass is 819 g/mol. The Kier molecular flexibility index (Phi) is 8.60. The number of nitrogens with zero attached hydrogens (tertiary/aromatic N) is 1. The van der Waals surface area contributed by atoms with Crippen LogP contribution in [0.4, 0.5) is 17.1 Å². The van der Waals surface area contributed by atoms with Crippen LogP contribution in [0.3, 0.4) is 0 Å². The molecule has 2 aliphatic rings. The zero-order chi connectivity index (χ0) is 42.1. The van der Waals surface area contributed by atoms with Crippen molar-refractivity contribution in [3.05, 3.63) is 259 Å². The molecule has 0 saturated carbocycles. The lowest BCUT2D eigenvalue weighted by Gasteiger charge is -2.34. The molecule has 298 valence electrons. The van der Waals surface area contributed by atoms with Gasteiger partial charge in [-0.15, -0.1) is 0 Å². The van der Waals surface area contributed by atoms with E-state index >= 15 is 0 Å². The normalized spacial score (nSPS) is 15.3. The van der Waals surface area contributed by atoms with Gasteiger partial charge in [0.15, 0.2) is 8.07 Å². The van der Waals surface area contributed by atoms with Crippen molar-refractivity contribution in [2.24, 2.45) is 0 Å². The van der Waals surface area contributed by atoms with Gasteiger partial charge in [0.2, 0.25) is 0 Å². The maximum atomic E-state index is 2.53. The maximum absolute atomic E-state index is 2.77. The minimum Gasteiger partial charge on any atom is -0.310 e. The predicted octanol–water partition coefficient (Wildman–Crippen LogP) is 13.0. The summed E-state index contributed by atoms with van der Waals surface area (Å²) in [5, 5.41) is 8.20. The molecule has 0 aromatic heterocycles. The first-order valence-electron chi connectivity index (χ1n) is 22.1. The van der Waals surface area contributed by atoms with Crippen LogP contribution in [-0.4, -0.2) is 8.07 Å². The number of anilines is 3. The van der Waals surface area contributed by atoms with E-state index in [1.165, 1.54) is 87.2 Å². The molecule has 0 radical (unpaired) electrons. The number of fused-ring (bicyclic) bond motifs is 7. The Labute approximate surface area is 371 Å². The van der Waals surface area contributed by atoms with E-state index in [9.17, 15) is 0 Å². The molecule has 0 saturated heterocycles. The smallest absolute Gasteiger partial charge is 0.180 e. The Hall–Kier alpha value is -7.52. The fourth-order valence-electron chi connectivity index (χ4n) is 11.1. The highest BCUT2D eigenvalue weighted by Gasteiger charge is 2.49. The Morgan fingerprint density at radius 1 is 0.365 bits per heavy atom. The first-order chi connectivity index (χ1) is 31.0. The van der Waals surface area contributed by atoms with Crippen molar-refractivity contribution in [3.63, 3.8) is 0 Å². The minimum atomic E-state index is -2.77. The molecule has 1 atom stereocenters. The summed E-state index contributed by atoms with van der Waals surface area (Å²) in [5.41, 5.74) is 16.0. The van der Waals surface area contributed by atoms with E-state index in [1.807, 2.05) is 0 Å². The summed E-state index contributed by atoms with van der Waals surface area (Å²) in [7, 11) is -2.77. The van der Waals surface area contributed by atoms with E-state index < -0.39 is 8.07 Å². The van der Waals surface area contributed by atoms with Crippen molar-refractivity contribution in [1.82, 2.24) is 0 Å². The van der Waals surface area contributed by atoms with Crippen molar-refractivity contribution in [2.75, 3.05) is 4.90 Å². The molecule has 0 N–H and O–H groups in total. The van der Waals surface area contributed by atoms with Crippen LogP contribution in [0.25, 0.3) is 44.2 Å². The fourth-order valence-corrected chi connectivity index (χ4v) is 16.4. The molecular weight excluding hydrogens is 775 g/mol. The number of hydrogen-bond acceptors (Lipinski definition) is 1. The highest BCUT2D eigenvalue weighted by molar-refractivity contribution is 7.22. The van der Waals surface area contributed by atoms with E-state index in [2.05, 4.69) is 255 Å². The molecule has 0 fully saturated rings. The van der Waals surface area contributed by atoms with Gasteiger partial charge in [0.05, 0.1) is 0 Å². The summed E-state index contributed by atoms with van der Waals surface area (Å²) in [4.78, 5) is 2.51. The lowest BCUT2D eigenvalue weighted by Crippen LogP contribution is -2.72. The summed E-state index contributed by atoms with van der Waals surface area (Å²) in [6.07, 6.45) is 0. The van der Waals surface area contributed by atoms with Crippen molar-refractivity contribution in [2.45, 2.75) is 19.3 Å². The predicted molar refractivity (Wildman–Crippen MR) is 269 cm³/mol. The molecule has 1 heterocycles. The van der Waals surface area contributed by atoms with Gasteiger partial charge in [0.1, 0.15) is 0 Å². The second kappa shape index (κ2) is 14.5. The molecule has 0 bridgehead atoms. The third-order valence-corrected chi connectivity index (χ3v) is 18.9. The molecule has 1 aliphatic heterocycles. The molecule has 1 aliphatic carbocycles. The molecule has 0 spiro atoms. The van der Waals surface area contributed by atoms with Crippen LogP contribution in [0.5, 0.6) is 0 Å². The van der Waals surface area contributed by atoms with E-state index in [-0.39, 0.29) is 5.41 Å². The zero-order valence-corrected chi connectivity index (χ0v) is 36.5.